The molecule has 2 rings (SSSR count). The van der Waals surface area contributed by atoms with E-state index in [0.29, 0.717) is 5.56 Å². The van der Waals surface area contributed by atoms with Crippen LogP contribution in [0.4, 0.5) is 0 Å². The lowest BCUT2D eigenvalue weighted by Crippen LogP contribution is -2.55. The molecule has 7 nitrogen and oxygen atoms in total. The Balaban J connectivity index is 2.55. The Morgan fingerprint density at radius 3 is 2.09 bits per heavy atom. The molecule has 7 heteroatoms. The van der Waals surface area contributed by atoms with Crippen LogP contribution in [0.3, 0.4) is 0 Å². The molecule has 5 atom stereocenters. The SMILES string of the molecule is CC(C)[C@@H]1C[C@@H](O)[C@@H]([N+](=O)[O-])[C@H](c2ccccc2)[C@@H]1[N+](=O)[O-]. The molecule has 120 valence electrons. The van der Waals surface area contributed by atoms with Crippen molar-refractivity contribution in [3.8, 4) is 0 Å². The van der Waals surface area contributed by atoms with Crippen molar-refractivity contribution >= 4 is 0 Å². The van der Waals surface area contributed by atoms with Crippen molar-refractivity contribution in [3.05, 3.63) is 56.1 Å². The van der Waals surface area contributed by atoms with E-state index in [0.717, 1.165) is 0 Å². The van der Waals surface area contributed by atoms with Crippen LogP contribution >= 0.6 is 0 Å². The summed E-state index contributed by atoms with van der Waals surface area (Å²) < 4.78 is 0. The van der Waals surface area contributed by atoms with E-state index in [1.807, 2.05) is 13.8 Å². The van der Waals surface area contributed by atoms with Gasteiger partial charge < -0.3 is 5.11 Å². The molecule has 22 heavy (non-hydrogen) atoms. The minimum atomic E-state index is -1.35. The van der Waals surface area contributed by atoms with Crippen LogP contribution in [0, 0.1) is 32.1 Å². The highest BCUT2D eigenvalue weighted by Gasteiger charge is 2.57. The number of nitrogens with zero attached hydrogens (tertiary/aromatic N) is 2. The zero-order chi connectivity index (χ0) is 16.4. The van der Waals surface area contributed by atoms with Crippen molar-refractivity contribution in [3.63, 3.8) is 0 Å². The molecule has 0 radical (unpaired) electrons. The Bertz CT molecular complexity index is 548. The molecule has 0 heterocycles. The van der Waals surface area contributed by atoms with Crippen LogP contribution in [0.25, 0.3) is 0 Å². The van der Waals surface area contributed by atoms with E-state index in [9.17, 15) is 25.3 Å². The zero-order valence-corrected chi connectivity index (χ0v) is 12.5. The van der Waals surface area contributed by atoms with Crippen LogP contribution in [-0.2, 0) is 0 Å². The van der Waals surface area contributed by atoms with E-state index in [4.69, 9.17) is 0 Å². The highest BCUT2D eigenvalue weighted by atomic mass is 16.6. The Labute approximate surface area is 128 Å². The number of benzene rings is 1. The van der Waals surface area contributed by atoms with Crippen molar-refractivity contribution < 1.29 is 15.0 Å². The molecule has 1 aliphatic rings. The Morgan fingerprint density at radius 2 is 1.64 bits per heavy atom. The summed E-state index contributed by atoms with van der Waals surface area (Å²) in [6, 6.07) is 6.06. The first-order valence-corrected chi connectivity index (χ1v) is 7.34. The molecule has 0 saturated heterocycles. The van der Waals surface area contributed by atoms with E-state index in [2.05, 4.69) is 0 Å². The largest absolute Gasteiger partial charge is 0.386 e. The summed E-state index contributed by atoms with van der Waals surface area (Å²) in [5.41, 5.74) is 0.537. The second-order valence-corrected chi connectivity index (χ2v) is 6.20. The van der Waals surface area contributed by atoms with Gasteiger partial charge in [0.25, 0.3) is 6.04 Å². The molecule has 1 saturated carbocycles. The number of hydrogen-bond donors (Lipinski definition) is 1. The molecular weight excluding hydrogens is 288 g/mol. The van der Waals surface area contributed by atoms with Crippen LogP contribution in [-0.4, -0.2) is 33.1 Å². The van der Waals surface area contributed by atoms with Crippen LogP contribution in [0.5, 0.6) is 0 Å². The smallest absolute Gasteiger partial charge is 0.251 e. The van der Waals surface area contributed by atoms with E-state index in [1.54, 1.807) is 30.3 Å². The quantitative estimate of drug-likeness (QED) is 0.677. The normalized spacial score (nSPS) is 31.9. The minimum absolute atomic E-state index is 0.0380. The summed E-state index contributed by atoms with van der Waals surface area (Å²) in [7, 11) is 0. The van der Waals surface area contributed by atoms with Crippen molar-refractivity contribution in [1.82, 2.24) is 0 Å². The maximum Gasteiger partial charge on any atom is 0.251 e. The van der Waals surface area contributed by atoms with Gasteiger partial charge in [0.15, 0.2) is 0 Å². The molecule has 1 aromatic carbocycles. The first-order chi connectivity index (χ1) is 10.3. The van der Waals surface area contributed by atoms with Crippen LogP contribution in [0.15, 0.2) is 30.3 Å². The Hall–Kier alpha value is -2.02. The van der Waals surface area contributed by atoms with Crippen LogP contribution in [0.2, 0.25) is 0 Å². The summed E-state index contributed by atoms with van der Waals surface area (Å²) in [5, 5.41) is 33.3. The number of nitro groups is 2. The van der Waals surface area contributed by atoms with E-state index in [-0.39, 0.29) is 12.3 Å². The second kappa shape index (κ2) is 6.39. The molecule has 1 aliphatic carbocycles. The monoisotopic (exact) mass is 308 g/mol. The Kier molecular flexibility index (Phi) is 4.75. The summed E-state index contributed by atoms with van der Waals surface area (Å²) in [6.45, 7) is 3.70. The van der Waals surface area contributed by atoms with E-state index < -0.39 is 39.9 Å². The van der Waals surface area contributed by atoms with Crippen molar-refractivity contribution in [2.24, 2.45) is 11.8 Å². The molecule has 0 amide bonds. The first kappa shape index (κ1) is 16.4. The lowest BCUT2D eigenvalue weighted by molar-refractivity contribution is -0.589. The van der Waals surface area contributed by atoms with Gasteiger partial charge in [0.1, 0.15) is 12.0 Å². The lowest BCUT2D eigenvalue weighted by atomic mass is 9.66. The maximum absolute atomic E-state index is 11.6. The van der Waals surface area contributed by atoms with Gasteiger partial charge >= 0.3 is 0 Å². The fourth-order valence-electron chi connectivity index (χ4n) is 3.56. The predicted octanol–water partition coefficient (Wildman–Crippen LogP) is 2.10. The van der Waals surface area contributed by atoms with Gasteiger partial charge in [-0.1, -0.05) is 44.2 Å². The molecule has 0 aliphatic heterocycles. The summed E-state index contributed by atoms with van der Waals surface area (Å²) in [4.78, 5) is 22.1. The number of aliphatic hydroxyl groups excluding tert-OH is 1. The van der Waals surface area contributed by atoms with Gasteiger partial charge in [-0.2, -0.15) is 0 Å². The third kappa shape index (κ3) is 2.94. The first-order valence-electron chi connectivity index (χ1n) is 7.34. The highest BCUT2D eigenvalue weighted by molar-refractivity contribution is 5.24. The van der Waals surface area contributed by atoms with Crippen LogP contribution < -0.4 is 0 Å². The van der Waals surface area contributed by atoms with E-state index >= 15 is 0 Å². The van der Waals surface area contributed by atoms with Crippen molar-refractivity contribution in [2.75, 3.05) is 0 Å². The predicted molar refractivity (Wildman–Crippen MR) is 79.7 cm³/mol. The van der Waals surface area contributed by atoms with Gasteiger partial charge in [-0.05, 0) is 17.9 Å². The summed E-state index contributed by atoms with van der Waals surface area (Å²) in [6.07, 6.45) is -1.10. The molecule has 0 aromatic heterocycles. The van der Waals surface area contributed by atoms with Gasteiger partial charge in [0, 0.05) is 15.8 Å². The average molecular weight is 308 g/mol. The fourth-order valence-corrected chi connectivity index (χ4v) is 3.56. The lowest BCUT2D eigenvalue weighted by Gasteiger charge is -2.38. The number of aliphatic hydroxyl groups is 1. The van der Waals surface area contributed by atoms with Gasteiger partial charge in [0.05, 0.1) is 0 Å². The molecule has 1 N–H and O–H groups in total. The average Bonchev–Trinajstić information content (AvgIpc) is 2.46. The molecule has 1 aromatic rings. The third-order valence-electron chi connectivity index (χ3n) is 4.61. The topological polar surface area (TPSA) is 107 Å². The molecule has 0 bridgehead atoms. The van der Waals surface area contributed by atoms with Gasteiger partial charge in [-0.25, -0.2) is 0 Å². The number of hydrogen-bond acceptors (Lipinski definition) is 5. The van der Waals surface area contributed by atoms with Gasteiger partial charge in [0.2, 0.25) is 6.04 Å². The van der Waals surface area contributed by atoms with Crippen molar-refractivity contribution in [2.45, 2.75) is 44.4 Å². The standard InChI is InChI=1S/C15H20N2O5/c1-9(2)11-8-12(18)15(17(21)22)13(14(11)16(19)20)10-6-4-3-5-7-10/h3-7,9,11-15,18H,8H2,1-2H3/t11-,12+,13+,14+,15+/m0/s1. The maximum atomic E-state index is 11.6. The third-order valence-corrected chi connectivity index (χ3v) is 4.61. The summed E-state index contributed by atoms with van der Waals surface area (Å²) >= 11 is 0. The zero-order valence-electron chi connectivity index (χ0n) is 12.5. The van der Waals surface area contributed by atoms with Gasteiger partial charge in [-0.3, -0.25) is 20.2 Å². The molecule has 0 unspecified atom stereocenters. The van der Waals surface area contributed by atoms with E-state index in [1.165, 1.54) is 0 Å². The Morgan fingerprint density at radius 1 is 1.09 bits per heavy atom. The molecule has 1 fully saturated rings. The van der Waals surface area contributed by atoms with Gasteiger partial charge in [-0.15, -0.1) is 0 Å². The highest BCUT2D eigenvalue weighted by Crippen LogP contribution is 2.42. The minimum Gasteiger partial charge on any atom is -0.386 e. The second-order valence-electron chi connectivity index (χ2n) is 6.20. The van der Waals surface area contributed by atoms with Crippen molar-refractivity contribution in [1.29, 1.82) is 0 Å². The van der Waals surface area contributed by atoms with Crippen LogP contribution in [0.1, 0.15) is 31.7 Å². The molecular formula is C15H20N2O5. The fraction of sp³-hybridized carbons (Fsp3) is 0.600. The summed E-state index contributed by atoms with van der Waals surface area (Å²) in [5.74, 6) is -1.36. The molecule has 0 spiro atoms. The number of rotatable bonds is 4.